The van der Waals surface area contributed by atoms with Crippen molar-refractivity contribution in [2.75, 3.05) is 19.3 Å². The van der Waals surface area contributed by atoms with Gasteiger partial charge in [0.05, 0.1) is 12.5 Å². The number of furan rings is 1. The van der Waals surface area contributed by atoms with Crippen LogP contribution in [0.3, 0.4) is 0 Å². The first-order valence-electron chi connectivity index (χ1n) is 7.27. The molecule has 0 bridgehead atoms. The van der Waals surface area contributed by atoms with Crippen LogP contribution in [0, 0.1) is 0 Å². The zero-order valence-electron chi connectivity index (χ0n) is 12.2. The number of carbonyl (C=O) groups is 1. The summed E-state index contributed by atoms with van der Waals surface area (Å²) in [6, 6.07) is 3.28. The molecule has 0 saturated heterocycles. The average Bonchev–Trinajstić information content (AvgIpc) is 2.97. The quantitative estimate of drug-likeness (QED) is 0.865. The number of nitrogens with one attached hydrogen (secondary N) is 1. The van der Waals surface area contributed by atoms with E-state index < -0.39 is 10.0 Å². The fourth-order valence-electron chi connectivity index (χ4n) is 2.76. The fraction of sp³-hybridized carbons (Fsp3) is 0.643. The van der Waals surface area contributed by atoms with Crippen molar-refractivity contribution < 1.29 is 17.6 Å². The normalized spacial score (nSPS) is 17.0. The third-order valence-electron chi connectivity index (χ3n) is 3.77. The molecule has 1 heterocycles. The van der Waals surface area contributed by atoms with Crippen LogP contribution < -0.4 is 5.32 Å². The third kappa shape index (κ3) is 4.57. The van der Waals surface area contributed by atoms with Gasteiger partial charge in [-0.05, 0) is 25.0 Å². The topological polar surface area (TPSA) is 79.6 Å². The molecule has 1 N–H and O–H groups in total. The molecule has 0 radical (unpaired) electrons. The maximum Gasteiger partial charge on any atom is 0.287 e. The minimum Gasteiger partial charge on any atom is -0.459 e. The van der Waals surface area contributed by atoms with E-state index in [1.54, 1.807) is 12.1 Å². The van der Waals surface area contributed by atoms with Crippen LogP contribution in [0.25, 0.3) is 0 Å². The first-order valence-corrected chi connectivity index (χ1v) is 9.12. The molecule has 1 aliphatic rings. The second kappa shape index (κ2) is 7.09. The SMILES string of the molecule is CS(=O)(=O)N(CCNC(=O)c1ccco1)C1CCCCC1. The van der Waals surface area contributed by atoms with Gasteiger partial charge in [0.2, 0.25) is 10.0 Å². The van der Waals surface area contributed by atoms with E-state index in [2.05, 4.69) is 5.32 Å². The molecule has 2 rings (SSSR count). The Hall–Kier alpha value is -1.34. The lowest BCUT2D eigenvalue weighted by molar-refractivity contribution is 0.0921. The Morgan fingerprint density at radius 1 is 1.38 bits per heavy atom. The second-order valence-corrected chi connectivity index (χ2v) is 7.33. The minimum atomic E-state index is -3.26. The molecule has 0 unspecified atom stereocenters. The predicted molar refractivity (Wildman–Crippen MR) is 79.5 cm³/mol. The number of rotatable bonds is 6. The van der Waals surface area contributed by atoms with Crippen molar-refractivity contribution in [1.82, 2.24) is 9.62 Å². The number of hydrogen-bond donors (Lipinski definition) is 1. The summed E-state index contributed by atoms with van der Waals surface area (Å²) < 4.78 is 30.4. The van der Waals surface area contributed by atoms with Gasteiger partial charge in [0.15, 0.2) is 5.76 Å². The van der Waals surface area contributed by atoms with Gasteiger partial charge in [-0.3, -0.25) is 4.79 Å². The Balaban J connectivity index is 1.89. The Bertz CT molecular complexity index is 548. The fourth-order valence-corrected chi connectivity index (χ4v) is 3.94. The summed E-state index contributed by atoms with van der Waals surface area (Å²) >= 11 is 0. The molecule has 1 amide bonds. The van der Waals surface area contributed by atoms with Crippen LogP contribution >= 0.6 is 0 Å². The Kier molecular flexibility index (Phi) is 5.41. The maximum absolute atomic E-state index is 11.9. The molecule has 0 spiro atoms. The lowest BCUT2D eigenvalue weighted by atomic mass is 9.95. The van der Waals surface area contributed by atoms with E-state index in [-0.39, 0.29) is 24.3 Å². The molecule has 1 fully saturated rings. The van der Waals surface area contributed by atoms with Gasteiger partial charge in [0, 0.05) is 19.1 Å². The third-order valence-corrected chi connectivity index (χ3v) is 5.10. The maximum atomic E-state index is 11.9. The monoisotopic (exact) mass is 314 g/mol. The van der Waals surface area contributed by atoms with E-state index in [0.29, 0.717) is 6.54 Å². The first kappa shape index (κ1) is 16.0. The molecule has 21 heavy (non-hydrogen) atoms. The van der Waals surface area contributed by atoms with Gasteiger partial charge in [-0.15, -0.1) is 0 Å². The molecule has 0 atom stereocenters. The molecule has 1 aromatic rings. The average molecular weight is 314 g/mol. The van der Waals surface area contributed by atoms with Crippen LogP contribution in [0.2, 0.25) is 0 Å². The van der Waals surface area contributed by atoms with Gasteiger partial charge in [-0.25, -0.2) is 8.42 Å². The number of carbonyl (C=O) groups excluding carboxylic acids is 1. The van der Waals surface area contributed by atoms with Gasteiger partial charge >= 0.3 is 0 Å². The number of hydrogen-bond acceptors (Lipinski definition) is 4. The summed E-state index contributed by atoms with van der Waals surface area (Å²) in [5.74, 6) is -0.0873. The van der Waals surface area contributed by atoms with Crippen LogP contribution in [-0.2, 0) is 10.0 Å². The van der Waals surface area contributed by atoms with Gasteiger partial charge in [0.1, 0.15) is 0 Å². The number of nitrogens with zero attached hydrogens (tertiary/aromatic N) is 1. The van der Waals surface area contributed by atoms with Crippen LogP contribution in [0.5, 0.6) is 0 Å². The summed E-state index contributed by atoms with van der Waals surface area (Å²) in [7, 11) is -3.26. The van der Waals surface area contributed by atoms with Crippen LogP contribution in [-0.4, -0.2) is 44.0 Å². The molecular weight excluding hydrogens is 292 g/mol. The van der Waals surface area contributed by atoms with Crippen molar-refractivity contribution in [2.24, 2.45) is 0 Å². The zero-order chi connectivity index (χ0) is 15.3. The van der Waals surface area contributed by atoms with E-state index in [0.717, 1.165) is 25.7 Å². The standard InChI is InChI=1S/C14H22N2O4S/c1-21(18,19)16(12-6-3-2-4-7-12)10-9-15-14(17)13-8-5-11-20-13/h5,8,11-12H,2-4,6-7,9-10H2,1H3,(H,15,17). The lowest BCUT2D eigenvalue weighted by Gasteiger charge is -2.32. The first-order chi connectivity index (χ1) is 9.98. The van der Waals surface area contributed by atoms with Crippen molar-refractivity contribution in [1.29, 1.82) is 0 Å². The van der Waals surface area contributed by atoms with E-state index in [1.165, 1.54) is 23.2 Å². The van der Waals surface area contributed by atoms with Gasteiger partial charge in [-0.2, -0.15) is 4.31 Å². The van der Waals surface area contributed by atoms with E-state index in [4.69, 9.17) is 4.42 Å². The Morgan fingerprint density at radius 2 is 2.10 bits per heavy atom. The van der Waals surface area contributed by atoms with Crippen LogP contribution in [0.4, 0.5) is 0 Å². The molecule has 0 aromatic carbocycles. The van der Waals surface area contributed by atoms with Crippen molar-refractivity contribution in [3.63, 3.8) is 0 Å². The molecule has 0 aliphatic heterocycles. The number of sulfonamides is 1. The van der Waals surface area contributed by atoms with E-state index in [1.807, 2.05) is 0 Å². The molecule has 118 valence electrons. The molecule has 1 aromatic heterocycles. The van der Waals surface area contributed by atoms with Crippen molar-refractivity contribution in [2.45, 2.75) is 38.1 Å². The summed E-state index contributed by atoms with van der Waals surface area (Å²) in [5, 5.41) is 2.69. The molecular formula is C14H22N2O4S. The van der Waals surface area contributed by atoms with Gasteiger partial charge < -0.3 is 9.73 Å². The number of amides is 1. The van der Waals surface area contributed by atoms with Crippen molar-refractivity contribution in [3.05, 3.63) is 24.2 Å². The molecule has 1 saturated carbocycles. The highest BCUT2D eigenvalue weighted by atomic mass is 32.2. The van der Waals surface area contributed by atoms with Crippen molar-refractivity contribution in [3.8, 4) is 0 Å². The van der Waals surface area contributed by atoms with Gasteiger partial charge in [-0.1, -0.05) is 19.3 Å². The largest absolute Gasteiger partial charge is 0.459 e. The van der Waals surface area contributed by atoms with Crippen molar-refractivity contribution >= 4 is 15.9 Å². The lowest BCUT2D eigenvalue weighted by Crippen LogP contribution is -2.44. The van der Waals surface area contributed by atoms with Crippen LogP contribution in [0.15, 0.2) is 22.8 Å². The van der Waals surface area contributed by atoms with E-state index in [9.17, 15) is 13.2 Å². The zero-order valence-corrected chi connectivity index (χ0v) is 13.1. The highest BCUT2D eigenvalue weighted by molar-refractivity contribution is 7.88. The van der Waals surface area contributed by atoms with E-state index >= 15 is 0 Å². The summed E-state index contributed by atoms with van der Waals surface area (Å²) in [4.78, 5) is 11.7. The van der Waals surface area contributed by atoms with Crippen LogP contribution in [0.1, 0.15) is 42.7 Å². The second-order valence-electron chi connectivity index (χ2n) is 5.40. The Morgan fingerprint density at radius 3 is 2.67 bits per heavy atom. The summed E-state index contributed by atoms with van der Waals surface area (Å²) in [5.41, 5.74) is 0. The molecule has 7 heteroatoms. The smallest absolute Gasteiger partial charge is 0.287 e. The summed E-state index contributed by atoms with van der Waals surface area (Å²) in [6.45, 7) is 0.582. The molecule has 1 aliphatic carbocycles. The molecule has 6 nitrogen and oxygen atoms in total. The predicted octanol–water partition coefficient (Wildman–Crippen LogP) is 1.60. The Labute approximate surface area is 125 Å². The minimum absolute atomic E-state index is 0.0641. The summed E-state index contributed by atoms with van der Waals surface area (Å²) in [6.07, 6.45) is 7.77. The highest BCUT2D eigenvalue weighted by Gasteiger charge is 2.27. The highest BCUT2D eigenvalue weighted by Crippen LogP contribution is 2.24. The van der Waals surface area contributed by atoms with Gasteiger partial charge in [0.25, 0.3) is 5.91 Å².